The maximum Gasteiger partial charge on any atom is 0.328 e. The number of thiophene rings is 1. The molecule has 0 spiro atoms. The lowest BCUT2D eigenvalue weighted by molar-refractivity contribution is 0.0970. The first-order valence-corrected chi connectivity index (χ1v) is 7.20. The van der Waals surface area contributed by atoms with E-state index >= 15 is 0 Å². The molecule has 19 heavy (non-hydrogen) atoms. The Kier molecular flexibility index (Phi) is 4.04. The minimum absolute atomic E-state index is 0.00167. The number of imidazole rings is 1. The highest BCUT2D eigenvalue weighted by Gasteiger charge is 2.14. The molecule has 0 unspecified atom stereocenters. The predicted octanol–water partition coefficient (Wildman–Crippen LogP) is 2.62. The second-order valence-electron chi connectivity index (χ2n) is 4.65. The van der Waals surface area contributed by atoms with E-state index in [1.54, 1.807) is 28.3 Å². The molecular formula is C14H18N2O2S. The second-order valence-corrected chi connectivity index (χ2v) is 6.11. The third-order valence-electron chi connectivity index (χ3n) is 3.04. The van der Waals surface area contributed by atoms with E-state index in [1.807, 2.05) is 26.8 Å². The fraction of sp³-hybridized carbons (Fsp3) is 0.429. The van der Waals surface area contributed by atoms with Gasteiger partial charge in [-0.3, -0.25) is 13.9 Å². The van der Waals surface area contributed by atoms with Crippen LogP contribution >= 0.6 is 11.3 Å². The zero-order chi connectivity index (χ0) is 14.0. The molecule has 5 heteroatoms. The number of rotatable bonds is 5. The highest BCUT2D eigenvalue weighted by atomic mass is 32.1. The van der Waals surface area contributed by atoms with Crippen molar-refractivity contribution in [2.24, 2.45) is 0 Å². The van der Waals surface area contributed by atoms with E-state index in [0.29, 0.717) is 6.54 Å². The molecule has 0 aromatic carbocycles. The zero-order valence-electron chi connectivity index (χ0n) is 11.5. The largest absolute Gasteiger partial charge is 0.328 e. The predicted molar refractivity (Wildman–Crippen MR) is 77.1 cm³/mol. The summed E-state index contributed by atoms with van der Waals surface area (Å²) in [5.74, 6) is -0.00167. The summed E-state index contributed by atoms with van der Waals surface area (Å²) in [4.78, 5) is 26.3. The Morgan fingerprint density at radius 1 is 1.26 bits per heavy atom. The van der Waals surface area contributed by atoms with Crippen molar-refractivity contribution in [3.8, 4) is 0 Å². The van der Waals surface area contributed by atoms with Crippen LogP contribution in [0.4, 0.5) is 0 Å². The van der Waals surface area contributed by atoms with E-state index in [9.17, 15) is 9.59 Å². The number of ketones is 1. The molecule has 0 N–H and O–H groups in total. The number of carbonyl (C=O) groups excluding carboxylic acids is 1. The first-order valence-electron chi connectivity index (χ1n) is 6.38. The number of hydrogen-bond donors (Lipinski definition) is 0. The summed E-state index contributed by atoms with van der Waals surface area (Å²) < 4.78 is 3.11. The van der Waals surface area contributed by atoms with Gasteiger partial charge in [-0.25, -0.2) is 4.79 Å². The Hall–Kier alpha value is -1.62. The smallest absolute Gasteiger partial charge is 0.299 e. The van der Waals surface area contributed by atoms with Crippen LogP contribution in [-0.2, 0) is 13.1 Å². The molecular weight excluding hydrogens is 260 g/mol. The van der Waals surface area contributed by atoms with Gasteiger partial charge in [-0.05, 0) is 26.3 Å². The number of Topliss-reactive ketones (excluding diaryl/α,β-unsaturated/α-hetero) is 1. The Bertz CT molecular complexity index is 649. The van der Waals surface area contributed by atoms with Gasteiger partial charge in [0.15, 0.2) is 5.78 Å². The quantitative estimate of drug-likeness (QED) is 0.789. The van der Waals surface area contributed by atoms with Gasteiger partial charge in [0, 0.05) is 34.3 Å². The molecule has 0 fully saturated rings. The van der Waals surface area contributed by atoms with Crippen molar-refractivity contribution in [2.45, 2.75) is 40.3 Å². The van der Waals surface area contributed by atoms with E-state index < -0.39 is 0 Å². The van der Waals surface area contributed by atoms with E-state index in [-0.39, 0.29) is 18.0 Å². The summed E-state index contributed by atoms with van der Waals surface area (Å²) in [5, 5.41) is 0. The Morgan fingerprint density at radius 2 is 1.95 bits per heavy atom. The van der Waals surface area contributed by atoms with Gasteiger partial charge in [0.1, 0.15) is 0 Å². The van der Waals surface area contributed by atoms with Crippen molar-refractivity contribution in [1.82, 2.24) is 9.13 Å². The molecule has 2 aromatic heterocycles. The van der Waals surface area contributed by atoms with Crippen molar-refractivity contribution in [2.75, 3.05) is 0 Å². The van der Waals surface area contributed by atoms with Crippen molar-refractivity contribution >= 4 is 17.1 Å². The molecule has 0 saturated carbocycles. The van der Waals surface area contributed by atoms with E-state index in [0.717, 1.165) is 21.7 Å². The highest BCUT2D eigenvalue weighted by Crippen LogP contribution is 2.21. The lowest BCUT2D eigenvalue weighted by Crippen LogP contribution is -2.26. The molecule has 4 nitrogen and oxygen atoms in total. The Morgan fingerprint density at radius 3 is 2.53 bits per heavy atom. The minimum atomic E-state index is -0.111. The monoisotopic (exact) mass is 278 g/mol. The van der Waals surface area contributed by atoms with Gasteiger partial charge in [-0.2, -0.15) is 0 Å². The molecule has 0 amide bonds. The first-order chi connectivity index (χ1) is 9.02. The van der Waals surface area contributed by atoms with Crippen LogP contribution in [0.2, 0.25) is 0 Å². The summed E-state index contributed by atoms with van der Waals surface area (Å²) in [6.45, 7) is 6.75. The van der Waals surface area contributed by atoms with Crippen LogP contribution in [0.25, 0.3) is 0 Å². The summed E-state index contributed by atoms with van der Waals surface area (Å²) in [6, 6.07) is 1.90. The molecule has 0 radical (unpaired) electrons. The normalized spacial score (nSPS) is 10.9. The summed E-state index contributed by atoms with van der Waals surface area (Å²) >= 11 is 1.61. The molecule has 0 saturated heterocycles. The van der Waals surface area contributed by atoms with Crippen molar-refractivity contribution in [1.29, 1.82) is 0 Å². The third kappa shape index (κ3) is 2.87. The summed E-state index contributed by atoms with van der Waals surface area (Å²) in [5.41, 5.74) is 0.623. The number of nitrogens with zero attached hydrogens (tertiary/aromatic N) is 2. The van der Waals surface area contributed by atoms with Crippen molar-refractivity contribution in [3.05, 3.63) is 44.3 Å². The van der Waals surface area contributed by atoms with E-state index in [2.05, 4.69) is 0 Å². The lowest BCUT2D eigenvalue weighted by Gasteiger charge is -2.01. The summed E-state index contributed by atoms with van der Waals surface area (Å²) in [7, 11) is 0. The Labute approximate surface area is 116 Å². The van der Waals surface area contributed by atoms with Crippen LogP contribution in [0, 0.1) is 13.8 Å². The van der Waals surface area contributed by atoms with Crippen LogP contribution in [0.1, 0.15) is 33.5 Å². The van der Waals surface area contributed by atoms with Gasteiger partial charge in [-0.1, -0.05) is 6.92 Å². The molecule has 102 valence electrons. The SMILES string of the molecule is CCCn1ccn(CC(=O)c2cc(C)sc2C)c1=O. The van der Waals surface area contributed by atoms with Gasteiger partial charge in [-0.15, -0.1) is 11.3 Å². The van der Waals surface area contributed by atoms with Crippen molar-refractivity contribution < 1.29 is 4.79 Å². The summed E-state index contributed by atoms with van der Waals surface area (Å²) in [6.07, 6.45) is 4.33. The van der Waals surface area contributed by atoms with Crippen LogP contribution in [0.3, 0.4) is 0 Å². The van der Waals surface area contributed by atoms with E-state index in [1.165, 1.54) is 4.57 Å². The van der Waals surface area contributed by atoms with Crippen LogP contribution in [0.15, 0.2) is 23.3 Å². The average Bonchev–Trinajstić information content (AvgIpc) is 2.86. The Balaban J connectivity index is 2.20. The zero-order valence-corrected chi connectivity index (χ0v) is 12.3. The fourth-order valence-corrected chi connectivity index (χ4v) is 3.07. The molecule has 0 atom stereocenters. The topological polar surface area (TPSA) is 44.0 Å². The average molecular weight is 278 g/mol. The number of aryl methyl sites for hydroxylation is 3. The van der Waals surface area contributed by atoms with Gasteiger partial charge in [0.2, 0.25) is 0 Å². The van der Waals surface area contributed by atoms with Gasteiger partial charge >= 0.3 is 5.69 Å². The first kappa shape index (κ1) is 13.8. The molecule has 0 aliphatic carbocycles. The van der Waals surface area contributed by atoms with E-state index in [4.69, 9.17) is 0 Å². The standard InChI is InChI=1S/C14H18N2O2S/c1-4-5-15-6-7-16(14(15)18)9-13(17)12-8-10(2)19-11(12)3/h6-8H,4-5,9H2,1-3H3. The van der Waals surface area contributed by atoms with Gasteiger partial charge < -0.3 is 0 Å². The maximum atomic E-state index is 12.2. The minimum Gasteiger partial charge on any atom is -0.299 e. The number of hydrogen-bond acceptors (Lipinski definition) is 3. The van der Waals surface area contributed by atoms with Crippen molar-refractivity contribution in [3.63, 3.8) is 0 Å². The molecule has 0 bridgehead atoms. The second kappa shape index (κ2) is 5.57. The molecule has 2 heterocycles. The third-order valence-corrected chi connectivity index (χ3v) is 4.00. The molecule has 0 aliphatic heterocycles. The fourth-order valence-electron chi connectivity index (χ4n) is 2.13. The van der Waals surface area contributed by atoms with Crippen LogP contribution in [0.5, 0.6) is 0 Å². The van der Waals surface area contributed by atoms with Gasteiger partial charge in [0.05, 0.1) is 6.54 Å². The molecule has 2 rings (SSSR count). The van der Waals surface area contributed by atoms with Crippen LogP contribution < -0.4 is 5.69 Å². The highest BCUT2D eigenvalue weighted by molar-refractivity contribution is 7.12. The van der Waals surface area contributed by atoms with Crippen LogP contribution in [-0.4, -0.2) is 14.9 Å². The lowest BCUT2D eigenvalue weighted by atomic mass is 10.1. The molecule has 0 aliphatic rings. The number of aromatic nitrogens is 2. The maximum absolute atomic E-state index is 12.2. The molecule has 2 aromatic rings. The number of carbonyl (C=O) groups is 1. The van der Waals surface area contributed by atoms with Gasteiger partial charge in [0.25, 0.3) is 0 Å².